The summed E-state index contributed by atoms with van der Waals surface area (Å²) in [5.74, 6) is 0.745. The Bertz CT molecular complexity index is 691. The van der Waals surface area contributed by atoms with Crippen LogP contribution in [0.2, 0.25) is 0 Å². The third kappa shape index (κ3) is 4.19. The summed E-state index contributed by atoms with van der Waals surface area (Å²) in [5, 5.41) is 2.92. The number of nitrogens with one attached hydrogen (secondary N) is 1. The van der Waals surface area contributed by atoms with Gasteiger partial charge < -0.3 is 10.1 Å². The monoisotopic (exact) mass is 345 g/mol. The SMILES string of the molecule is Cc1ccc(CC(=O)NCc2cnc(C3(C)CCCCO3)nc2)s1. The van der Waals surface area contributed by atoms with Crippen LogP contribution < -0.4 is 5.32 Å². The Hall–Kier alpha value is -1.79. The molecule has 24 heavy (non-hydrogen) atoms. The maximum absolute atomic E-state index is 12.0. The molecule has 1 aliphatic rings. The minimum Gasteiger partial charge on any atom is -0.367 e. The Morgan fingerprint density at radius 1 is 1.33 bits per heavy atom. The van der Waals surface area contributed by atoms with Crippen molar-refractivity contribution in [2.45, 2.75) is 51.7 Å². The van der Waals surface area contributed by atoms with Gasteiger partial charge >= 0.3 is 0 Å². The molecule has 0 saturated carbocycles. The molecule has 1 unspecified atom stereocenters. The Morgan fingerprint density at radius 2 is 2.12 bits per heavy atom. The van der Waals surface area contributed by atoms with Gasteiger partial charge in [0.05, 0.1) is 6.42 Å². The number of ether oxygens (including phenoxy) is 1. The molecule has 1 saturated heterocycles. The van der Waals surface area contributed by atoms with Crippen molar-refractivity contribution in [3.63, 3.8) is 0 Å². The van der Waals surface area contributed by atoms with Gasteiger partial charge in [0.15, 0.2) is 5.82 Å². The molecule has 2 aromatic rings. The van der Waals surface area contributed by atoms with E-state index in [0.29, 0.717) is 13.0 Å². The zero-order chi connectivity index (χ0) is 17.0. The van der Waals surface area contributed by atoms with Crippen molar-refractivity contribution in [3.8, 4) is 0 Å². The van der Waals surface area contributed by atoms with Gasteiger partial charge in [0.2, 0.25) is 5.91 Å². The maximum atomic E-state index is 12.0. The van der Waals surface area contributed by atoms with Crippen molar-refractivity contribution in [3.05, 3.63) is 45.7 Å². The van der Waals surface area contributed by atoms with Crippen molar-refractivity contribution < 1.29 is 9.53 Å². The zero-order valence-corrected chi connectivity index (χ0v) is 15.0. The van der Waals surface area contributed by atoms with Crippen molar-refractivity contribution in [2.24, 2.45) is 0 Å². The molecule has 0 bridgehead atoms. The topological polar surface area (TPSA) is 64.1 Å². The molecule has 3 rings (SSSR count). The molecular formula is C18H23N3O2S. The number of rotatable bonds is 5. The fourth-order valence-electron chi connectivity index (χ4n) is 2.83. The highest BCUT2D eigenvalue weighted by molar-refractivity contribution is 7.12. The molecule has 1 amide bonds. The van der Waals surface area contributed by atoms with Gasteiger partial charge in [-0.15, -0.1) is 11.3 Å². The first-order valence-electron chi connectivity index (χ1n) is 8.32. The number of aromatic nitrogens is 2. The average Bonchev–Trinajstić information content (AvgIpc) is 2.99. The maximum Gasteiger partial charge on any atom is 0.225 e. The molecule has 3 heterocycles. The van der Waals surface area contributed by atoms with Gasteiger partial charge in [0.25, 0.3) is 0 Å². The van der Waals surface area contributed by atoms with Crippen molar-refractivity contribution in [1.29, 1.82) is 0 Å². The summed E-state index contributed by atoms with van der Waals surface area (Å²) in [5.41, 5.74) is 0.519. The fraction of sp³-hybridized carbons (Fsp3) is 0.500. The summed E-state index contributed by atoms with van der Waals surface area (Å²) in [6.07, 6.45) is 7.16. The van der Waals surface area contributed by atoms with Crippen LogP contribution in [0.4, 0.5) is 0 Å². The van der Waals surface area contributed by atoms with Crippen molar-refractivity contribution >= 4 is 17.2 Å². The summed E-state index contributed by atoms with van der Waals surface area (Å²) in [7, 11) is 0. The van der Waals surface area contributed by atoms with E-state index in [1.165, 1.54) is 4.88 Å². The minimum atomic E-state index is -0.378. The average molecular weight is 345 g/mol. The smallest absolute Gasteiger partial charge is 0.225 e. The second kappa shape index (κ2) is 7.40. The van der Waals surface area contributed by atoms with Crippen LogP contribution >= 0.6 is 11.3 Å². The Labute approximate surface area is 146 Å². The zero-order valence-electron chi connectivity index (χ0n) is 14.2. The van der Waals surface area contributed by atoms with Gasteiger partial charge in [0, 0.05) is 40.9 Å². The molecule has 2 aromatic heterocycles. The number of hydrogen-bond acceptors (Lipinski definition) is 5. The second-order valence-electron chi connectivity index (χ2n) is 6.42. The molecule has 5 nitrogen and oxygen atoms in total. The summed E-state index contributed by atoms with van der Waals surface area (Å²) in [6.45, 7) is 5.30. The van der Waals surface area contributed by atoms with E-state index in [2.05, 4.69) is 15.3 Å². The molecule has 1 fully saturated rings. The van der Waals surface area contributed by atoms with E-state index in [1.807, 2.05) is 26.0 Å². The number of hydrogen-bond donors (Lipinski definition) is 1. The number of carbonyl (C=O) groups excluding carboxylic acids is 1. The molecule has 0 radical (unpaired) electrons. The Morgan fingerprint density at radius 3 is 2.75 bits per heavy atom. The largest absolute Gasteiger partial charge is 0.367 e. The van der Waals surface area contributed by atoms with E-state index in [0.717, 1.165) is 42.1 Å². The molecule has 1 atom stereocenters. The van der Waals surface area contributed by atoms with Crippen LogP contribution in [0.15, 0.2) is 24.5 Å². The van der Waals surface area contributed by atoms with Gasteiger partial charge in [-0.1, -0.05) is 0 Å². The van der Waals surface area contributed by atoms with E-state index in [9.17, 15) is 4.79 Å². The number of thiophene rings is 1. The van der Waals surface area contributed by atoms with Gasteiger partial charge in [-0.2, -0.15) is 0 Å². The molecule has 0 aliphatic carbocycles. The third-order valence-corrected chi connectivity index (χ3v) is 5.27. The molecular weight excluding hydrogens is 322 g/mol. The van der Waals surface area contributed by atoms with E-state index in [1.54, 1.807) is 23.7 Å². The van der Waals surface area contributed by atoms with Crippen molar-refractivity contribution in [1.82, 2.24) is 15.3 Å². The standard InChI is InChI=1S/C18H23N3O2S/c1-13-5-6-15(24-13)9-16(22)19-10-14-11-20-17(21-12-14)18(2)7-3-4-8-23-18/h5-6,11-12H,3-4,7-10H2,1-2H3,(H,19,22). The number of carbonyl (C=O) groups is 1. The predicted molar refractivity (Wildman–Crippen MR) is 93.8 cm³/mol. The van der Waals surface area contributed by atoms with E-state index < -0.39 is 0 Å². The Balaban J connectivity index is 1.53. The van der Waals surface area contributed by atoms with Crippen LogP contribution in [0.1, 0.15) is 47.3 Å². The van der Waals surface area contributed by atoms with E-state index in [-0.39, 0.29) is 11.5 Å². The summed E-state index contributed by atoms with van der Waals surface area (Å²) < 4.78 is 5.86. The quantitative estimate of drug-likeness (QED) is 0.904. The lowest BCUT2D eigenvalue weighted by molar-refractivity contribution is -0.120. The highest BCUT2D eigenvalue weighted by Gasteiger charge is 2.32. The van der Waals surface area contributed by atoms with Crippen LogP contribution in [-0.4, -0.2) is 22.5 Å². The van der Waals surface area contributed by atoms with E-state index in [4.69, 9.17) is 4.74 Å². The summed E-state index contributed by atoms with van der Waals surface area (Å²) in [6, 6.07) is 4.04. The van der Waals surface area contributed by atoms with Gasteiger partial charge in [-0.05, 0) is 45.2 Å². The second-order valence-corrected chi connectivity index (χ2v) is 7.79. The summed E-state index contributed by atoms with van der Waals surface area (Å²) in [4.78, 5) is 23.2. The first kappa shape index (κ1) is 17.0. The van der Waals surface area contributed by atoms with Gasteiger partial charge in [-0.3, -0.25) is 4.79 Å². The highest BCUT2D eigenvalue weighted by atomic mass is 32.1. The van der Waals surface area contributed by atoms with Crippen LogP contribution in [-0.2, 0) is 28.1 Å². The van der Waals surface area contributed by atoms with Gasteiger partial charge in [0.1, 0.15) is 5.60 Å². The fourth-order valence-corrected chi connectivity index (χ4v) is 3.72. The first-order valence-corrected chi connectivity index (χ1v) is 9.14. The molecule has 128 valence electrons. The molecule has 0 aromatic carbocycles. The van der Waals surface area contributed by atoms with Crippen LogP contribution in [0.3, 0.4) is 0 Å². The lowest BCUT2D eigenvalue weighted by atomic mass is 9.95. The predicted octanol–water partition coefficient (Wildman–Crippen LogP) is 3.12. The summed E-state index contributed by atoms with van der Waals surface area (Å²) >= 11 is 1.66. The van der Waals surface area contributed by atoms with Gasteiger partial charge in [-0.25, -0.2) is 9.97 Å². The first-order chi connectivity index (χ1) is 11.5. The highest BCUT2D eigenvalue weighted by Crippen LogP contribution is 2.32. The molecule has 1 N–H and O–H groups in total. The molecule has 0 spiro atoms. The third-order valence-electron chi connectivity index (χ3n) is 4.27. The molecule has 1 aliphatic heterocycles. The minimum absolute atomic E-state index is 0.0171. The lowest BCUT2D eigenvalue weighted by Gasteiger charge is -2.32. The lowest BCUT2D eigenvalue weighted by Crippen LogP contribution is -2.32. The van der Waals surface area contributed by atoms with Crippen LogP contribution in [0.5, 0.6) is 0 Å². The van der Waals surface area contributed by atoms with Crippen LogP contribution in [0, 0.1) is 6.92 Å². The number of aryl methyl sites for hydroxylation is 1. The molecule has 6 heteroatoms. The Kier molecular flexibility index (Phi) is 5.26. The van der Waals surface area contributed by atoms with Crippen molar-refractivity contribution in [2.75, 3.05) is 6.61 Å². The van der Waals surface area contributed by atoms with Crippen LogP contribution in [0.25, 0.3) is 0 Å². The number of nitrogens with zero attached hydrogens (tertiary/aromatic N) is 2. The number of amides is 1. The normalized spacial score (nSPS) is 20.8. The van der Waals surface area contributed by atoms with E-state index >= 15 is 0 Å².